The van der Waals surface area contributed by atoms with Crippen molar-refractivity contribution in [3.8, 4) is 11.5 Å². The summed E-state index contributed by atoms with van der Waals surface area (Å²) in [6.45, 7) is 3.64. The lowest BCUT2D eigenvalue weighted by Gasteiger charge is -2.07. The molecule has 0 aliphatic heterocycles. The number of benzene rings is 1. The first-order chi connectivity index (χ1) is 8.11. The van der Waals surface area contributed by atoms with Gasteiger partial charge in [0, 0.05) is 5.03 Å². The van der Waals surface area contributed by atoms with E-state index >= 15 is 0 Å². The number of hydrogen-bond acceptors (Lipinski definition) is 3. The van der Waals surface area contributed by atoms with Gasteiger partial charge in [-0.1, -0.05) is 18.2 Å². The van der Waals surface area contributed by atoms with Gasteiger partial charge in [-0.25, -0.2) is 0 Å². The van der Waals surface area contributed by atoms with E-state index in [2.05, 4.69) is 11.9 Å². The molecule has 1 aromatic rings. The van der Waals surface area contributed by atoms with Crippen LogP contribution in [0.1, 0.15) is 0 Å². The molecule has 5 heteroatoms. The first-order valence-corrected chi connectivity index (χ1v) is 5.36. The number of methoxy groups -OCH3 is 1. The van der Waals surface area contributed by atoms with Gasteiger partial charge >= 0.3 is 0 Å². The second-order valence-corrected chi connectivity index (χ2v) is 3.79. The van der Waals surface area contributed by atoms with Crippen LogP contribution in [0.4, 0.5) is 0 Å². The van der Waals surface area contributed by atoms with E-state index in [0.717, 1.165) is 5.75 Å². The maximum Gasteiger partial charge on any atom is 0.258 e. The number of carbonyl (C=O) groups excluding carboxylic acids is 1. The summed E-state index contributed by atoms with van der Waals surface area (Å²) in [4.78, 5) is 11.3. The summed E-state index contributed by atoms with van der Waals surface area (Å²) in [5.41, 5.74) is 0. The van der Waals surface area contributed by atoms with Gasteiger partial charge in [-0.05, 0) is 24.3 Å². The molecule has 1 N–H and O–H groups in total. The summed E-state index contributed by atoms with van der Waals surface area (Å²) in [5.74, 6) is 1.09. The van der Waals surface area contributed by atoms with Crippen LogP contribution in [0, 0.1) is 0 Å². The summed E-state index contributed by atoms with van der Waals surface area (Å²) < 4.78 is 10.3. The third-order valence-corrected chi connectivity index (χ3v) is 2.04. The van der Waals surface area contributed by atoms with E-state index < -0.39 is 0 Å². The Hall–Kier alpha value is -1.68. The highest BCUT2D eigenvalue weighted by atomic mass is 35.5. The van der Waals surface area contributed by atoms with Gasteiger partial charge in [0.05, 0.1) is 13.7 Å². The summed E-state index contributed by atoms with van der Waals surface area (Å²) in [6.07, 6.45) is 0. The molecular weight excluding hydrogens is 242 g/mol. The van der Waals surface area contributed by atoms with Crippen LogP contribution in [-0.4, -0.2) is 26.2 Å². The molecule has 0 bridgehead atoms. The number of amides is 1. The molecule has 0 saturated heterocycles. The summed E-state index contributed by atoms with van der Waals surface area (Å²) in [6, 6.07) is 6.97. The molecule has 0 aliphatic rings. The van der Waals surface area contributed by atoms with Crippen LogP contribution in [0.2, 0.25) is 0 Å². The molecule has 4 nitrogen and oxygen atoms in total. The molecule has 1 aromatic carbocycles. The van der Waals surface area contributed by atoms with Crippen LogP contribution in [0.25, 0.3) is 0 Å². The Labute approximate surface area is 105 Å². The molecular formula is C12H14ClNO3. The Kier molecular flexibility index (Phi) is 5.36. The Balaban J connectivity index is 2.34. The van der Waals surface area contributed by atoms with Crippen LogP contribution in [-0.2, 0) is 4.79 Å². The second kappa shape index (κ2) is 6.81. The van der Waals surface area contributed by atoms with Gasteiger partial charge in [-0.3, -0.25) is 4.79 Å². The molecule has 0 atom stereocenters. The van der Waals surface area contributed by atoms with E-state index in [0.29, 0.717) is 10.8 Å². The monoisotopic (exact) mass is 255 g/mol. The fraction of sp³-hybridized carbons (Fsp3) is 0.250. The molecule has 0 unspecified atom stereocenters. The molecule has 92 valence electrons. The van der Waals surface area contributed by atoms with E-state index in [1.54, 1.807) is 31.4 Å². The normalized spacial score (nSPS) is 9.53. The average molecular weight is 256 g/mol. The van der Waals surface area contributed by atoms with E-state index in [-0.39, 0.29) is 19.1 Å². The minimum Gasteiger partial charge on any atom is -0.497 e. The molecule has 0 saturated carbocycles. The zero-order chi connectivity index (χ0) is 12.7. The third kappa shape index (κ3) is 5.26. The minimum absolute atomic E-state index is 0.0590. The van der Waals surface area contributed by atoms with Crippen LogP contribution < -0.4 is 14.8 Å². The SMILES string of the molecule is C=C(Cl)CNC(=O)COc1ccc(OC)cc1. The van der Waals surface area contributed by atoms with E-state index in [1.165, 1.54) is 0 Å². The van der Waals surface area contributed by atoms with Crippen molar-refractivity contribution >= 4 is 17.5 Å². The van der Waals surface area contributed by atoms with Crippen LogP contribution in [0.15, 0.2) is 35.9 Å². The van der Waals surface area contributed by atoms with Gasteiger partial charge in [-0.15, -0.1) is 0 Å². The van der Waals surface area contributed by atoms with Gasteiger partial charge in [0.15, 0.2) is 6.61 Å². The summed E-state index contributed by atoms with van der Waals surface area (Å²) >= 11 is 5.51. The number of hydrogen-bond donors (Lipinski definition) is 1. The molecule has 0 fully saturated rings. The maximum absolute atomic E-state index is 11.3. The number of halogens is 1. The van der Waals surface area contributed by atoms with Crippen molar-refractivity contribution in [1.82, 2.24) is 5.32 Å². The van der Waals surface area contributed by atoms with E-state index in [4.69, 9.17) is 21.1 Å². The minimum atomic E-state index is -0.248. The van der Waals surface area contributed by atoms with Crippen molar-refractivity contribution < 1.29 is 14.3 Å². The molecule has 0 aliphatic carbocycles. The third-order valence-electron chi connectivity index (χ3n) is 1.91. The largest absolute Gasteiger partial charge is 0.497 e. The highest BCUT2D eigenvalue weighted by Gasteiger charge is 2.02. The van der Waals surface area contributed by atoms with Gasteiger partial charge in [0.1, 0.15) is 11.5 Å². The molecule has 0 aromatic heterocycles. The van der Waals surface area contributed by atoms with Crippen LogP contribution >= 0.6 is 11.6 Å². The molecule has 1 amide bonds. The predicted octanol–water partition coefficient (Wildman–Crippen LogP) is 1.94. The highest BCUT2D eigenvalue weighted by molar-refractivity contribution is 6.29. The molecule has 0 radical (unpaired) electrons. The van der Waals surface area contributed by atoms with Gasteiger partial charge < -0.3 is 14.8 Å². The van der Waals surface area contributed by atoms with Crippen molar-refractivity contribution in [3.63, 3.8) is 0 Å². The zero-order valence-corrected chi connectivity index (χ0v) is 10.3. The van der Waals surface area contributed by atoms with Gasteiger partial charge in [-0.2, -0.15) is 0 Å². The first-order valence-electron chi connectivity index (χ1n) is 4.98. The quantitative estimate of drug-likeness (QED) is 0.845. The lowest BCUT2D eigenvalue weighted by atomic mass is 10.3. The summed E-state index contributed by atoms with van der Waals surface area (Å²) in [7, 11) is 1.59. The van der Waals surface area contributed by atoms with Gasteiger partial charge in [0.2, 0.25) is 0 Å². The fourth-order valence-electron chi connectivity index (χ4n) is 1.07. The Morgan fingerprint density at radius 3 is 2.47 bits per heavy atom. The zero-order valence-electron chi connectivity index (χ0n) is 9.53. The molecule has 17 heavy (non-hydrogen) atoms. The Morgan fingerprint density at radius 1 is 1.35 bits per heavy atom. The topological polar surface area (TPSA) is 47.6 Å². The van der Waals surface area contributed by atoms with Crippen molar-refractivity contribution in [2.24, 2.45) is 0 Å². The van der Waals surface area contributed by atoms with Crippen LogP contribution in [0.3, 0.4) is 0 Å². The number of rotatable bonds is 6. The van der Waals surface area contributed by atoms with E-state index in [1.807, 2.05) is 0 Å². The standard InChI is InChI=1S/C12H14ClNO3/c1-9(13)7-14-12(15)8-17-11-5-3-10(16-2)4-6-11/h3-6H,1,7-8H2,2H3,(H,14,15). The lowest BCUT2D eigenvalue weighted by molar-refractivity contribution is -0.122. The van der Waals surface area contributed by atoms with Crippen molar-refractivity contribution in [2.45, 2.75) is 0 Å². The summed E-state index contributed by atoms with van der Waals surface area (Å²) in [5, 5.41) is 2.93. The molecule has 0 spiro atoms. The van der Waals surface area contributed by atoms with Gasteiger partial charge in [0.25, 0.3) is 5.91 Å². The van der Waals surface area contributed by atoms with Crippen molar-refractivity contribution in [1.29, 1.82) is 0 Å². The lowest BCUT2D eigenvalue weighted by Crippen LogP contribution is -2.29. The maximum atomic E-state index is 11.3. The smallest absolute Gasteiger partial charge is 0.258 e. The molecule has 0 heterocycles. The van der Waals surface area contributed by atoms with Crippen LogP contribution in [0.5, 0.6) is 11.5 Å². The number of ether oxygens (including phenoxy) is 2. The predicted molar refractivity (Wildman–Crippen MR) is 66.5 cm³/mol. The average Bonchev–Trinajstić information content (AvgIpc) is 2.34. The molecule has 1 rings (SSSR count). The Morgan fingerprint density at radius 2 is 1.94 bits per heavy atom. The fourth-order valence-corrected chi connectivity index (χ4v) is 1.13. The van der Waals surface area contributed by atoms with Crippen molar-refractivity contribution in [3.05, 3.63) is 35.9 Å². The number of carbonyl (C=O) groups is 1. The van der Waals surface area contributed by atoms with Crippen molar-refractivity contribution in [2.75, 3.05) is 20.3 Å². The Bertz CT molecular complexity index is 389. The second-order valence-electron chi connectivity index (χ2n) is 3.26. The highest BCUT2D eigenvalue weighted by Crippen LogP contribution is 2.16. The number of nitrogens with one attached hydrogen (secondary N) is 1. The van der Waals surface area contributed by atoms with E-state index in [9.17, 15) is 4.79 Å². The first kappa shape index (κ1) is 13.4.